The summed E-state index contributed by atoms with van der Waals surface area (Å²) >= 11 is 0. The Balaban J connectivity index is 3.74. The van der Waals surface area contributed by atoms with E-state index in [0.717, 1.165) is 25.9 Å². The molecule has 0 aromatic rings. The van der Waals surface area contributed by atoms with Crippen LogP contribution in [0.4, 0.5) is 0 Å². The third-order valence-corrected chi connectivity index (χ3v) is 3.87. The van der Waals surface area contributed by atoms with Gasteiger partial charge >= 0.3 is 0 Å². The normalized spacial score (nSPS) is 13.5. The molecule has 0 aliphatic heterocycles. The minimum absolute atomic E-state index is 0.119. The average Bonchev–Trinajstić information content (AvgIpc) is 2.36. The van der Waals surface area contributed by atoms with E-state index in [1.54, 1.807) is 0 Å². The molecule has 0 aliphatic rings. The number of carbonyl (C=O) groups excluding carboxylic acids is 1. The first-order valence-corrected chi connectivity index (χ1v) is 8.31. The minimum Gasteiger partial charge on any atom is -0.380 e. The topological polar surface area (TPSA) is 64.3 Å². The fraction of sp³-hybridized carbons (Fsp3) is 0.941. The summed E-state index contributed by atoms with van der Waals surface area (Å²) in [5.74, 6) is 1.28. The Kier molecular flexibility index (Phi) is 10.7. The molecule has 3 N–H and O–H groups in total. The third-order valence-electron chi connectivity index (χ3n) is 3.87. The molecule has 4 heteroatoms. The zero-order valence-corrected chi connectivity index (χ0v) is 14.7. The molecule has 126 valence electrons. The van der Waals surface area contributed by atoms with Crippen molar-refractivity contribution in [1.82, 2.24) is 5.32 Å². The predicted molar refractivity (Wildman–Crippen MR) is 89.1 cm³/mol. The molecule has 0 heterocycles. The molecule has 0 saturated carbocycles. The molecule has 21 heavy (non-hydrogen) atoms. The first-order valence-electron chi connectivity index (χ1n) is 8.31. The van der Waals surface area contributed by atoms with Crippen LogP contribution in [0.5, 0.6) is 0 Å². The largest absolute Gasteiger partial charge is 0.380 e. The maximum atomic E-state index is 11.8. The Morgan fingerprint density at radius 1 is 1.14 bits per heavy atom. The lowest BCUT2D eigenvalue weighted by Crippen LogP contribution is -2.30. The number of amides is 1. The van der Waals surface area contributed by atoms with Crippen LogP contribution in [-0.2, 0) is 9.53 Å². The minimum atomic E-state index is 0.119. The molecule has 4 nitrogen and oxygen atoms in total. The van der Waals surface area contributed by atoms with Gasteiger partial charge in [-0.15, -0.1) is 0 Å². The van der Waals surface area contributed by atoms with Crippen LogP contribution in [0.3, 0.4) is 0 Å². The fourth-order valence-corrected chi connectivity index (χ4v) is 2.29. The smallest absolute Gasteiger partial charge is 0.220 e. The van der Waals surface area contributed by atoms with Gasteiger partial charge in [0, 0.05) is 19.6 Å². The Morgan fingerprint density at radius 2 is 1.81 bits per heavy atom. The Bertz CT molecular complexity index is 272. The van der Waals surface area contributed by atoms with Gasteiger partial charge in [-0.25, -0.2) is 0 Å². The molecule has 0 radical (unpaired) electrons. The Labute approximate surface area is 131 Å². The average molecular weight is 300 g/mol. The molecule has 1 unspecified atom stereocenters. The molecular weight excluding hydrogens is 264 g/mol. The number of carbonyl (C=O) groups is 1. The maximum Gasteiger partial charge on any atom is 0.220 e. The van der Waals surface area contributed by atoms with E-state index in [9.17, 15) is 4.79 Å². The van der Waals surface area contributed by atoms with E-state index in [1.165, 1.54) is 0 Å². The first-order chi connectivity index (χ1) is 9.77. The van der Waals surface area contributed by atoms with Gasteiger partial charge in [-0.1, -0.05) is 34.6 Å². The lowest BCUT2D eigenvalue weighted by Gasteiger charge is -2.30. The summed E-state index contributed by atoms with van der Waals surface area (Å²) in [6.45, 7) is 13.7. The molecular formula is C17H36N2O2. The summed E-state index contributed by atoms with van der Waals surface area (Å²) < 4.78 is 5.48. The van der Waals surface area contributed by atoms with E-state index in [1.807, 2.05) is 0 Å². The van der Waals surface area contributed by atoms with Crippen LogP contribution >= 0.6 is 0 Å². The van der Waals surface area contributed by atoms with Crippen molar-refractivity contribution >= 4 is 5.91 Å². The molecule has 0 aromatic heterocycles. The van der Waals surface area contributed by atoms with Gasteiger partial charge in [0.15, 0.2) is 0 Å². The third kappa shape index (κ3) is 11.7. The lowest BCUT2D eigenvalue weighted by atomic mass is 9.76. The molecule has 0 aliphatic carbocycles. The predicted octanol–water partition coefficient (Wildman–Crippen LogP) is 2.96. The summed E-state index contributed by atoms with van der Waals surface area (Å²) in [5.41, 5.74) is 5.87. The maximum absolute atomic E-state index is 11.8. The zero-order chi connectivity index (χ0) is 16.3. The number of rotatable bonds is 11. The summed E-state index contributed by atoms with van der Waals surface area (Å²) in [5, 5.41) is 2.92. The molecule has 0 rings (SSSR count). The van der Waals surface area contributed by atoms with Crippen molar-refractivity contribution in [1.29, 1.82) is 0 Å². The van der Waals surface area contributed by atoms with E-state index >= 15 is 0 Å². The van der Waals surface area contributed by atoms with Crippen molar-refractivity contribution in [3.63, 3.8) is 0 Å². The fourth-order valence-electron chi connectivity index (χ4n) is 2.29. The monoisotopic (exact) mass is 300 g/mol. The Hall–Kier alpha value is -0.610. The molecule has 1 atom stereocenters. The lowest BCUT2D eigenvalue weighted by molar-refractivity contribution is -0.121. The second-order valence-electron chi connectivity index (χ2n) is 7.32. The van der Waals surface area contributed by atoms with Crippen molar-refractivity contribution in [3.8, 4) is 0 Å². The molecule has 0 fully saturated rings. The summed E-state index contributed by atoms with van der Waals surface area (Å²) in [6, 6.07) is 0. The van der Waals surface area contributed by atoms with Crippen molar-refractivity contribution in [2.24, 2.45) is 23.0 Å². The molecule has 0 spiro atoms. The number of ether oxygens (including phenoxy) is 1. The number of nitrogens with two attached hydrogens (primary N) is 1. The van der Waals surface area contributed by atoms with E-state index in [-0.39, 0.29) is 11.3 Å². The van der Waals surface area contributed by atoms with Crippen LogP contribution in [0.1, 0.15) is 60.3 Å². The highest BCUT2D eigenvalue weighted by Crippen LogP contribution is 2.31. The number of hydrogen-bond donors (Lipinski definition) is 2. The summed E-state index contributed by atoms with van der Waals surface area (Å²) in [6.07, 6.45) is 3.53. The van der Waals surface area contributed by atoms with Gasteiger partial charge in [0.05, 0.1) is 6.61 Å². The van der Waals surface area contributed by atoms with Gasteiger partial charge in [-0.2, -0.15) is 0 Å². The number of hydrogen-bond acceptors (Lipinski definition) is 3. The van der Waals surface area contributed by atoms with Crippen molar-refractivity contribution < 1.29 is 9.53 Å². The highest BCUT2D eigenvalue weighted by atomic mass is 16.5. The van der Waals surface area contributed by atoms with E-state index in [0.29, 0.717) is 38.0 Å². The Morgan fingerprint density at radius 3 is 2.33 bits per heavy atom. The van der Waals surface area contributed by atoms with Crippen LogP contribution in [0.15, 0.2) is 0 Å². The SMILES string of the molecule is CC(C)CCOCCNC(=O)CCC(CCN)C(C)(C)C. The second kappa shape index (κ2) is 11.0. The quantitative estimate of drug-likeness (QED) is 0.577. The van der Waals surface area contributed by atoms with Crippen molar-refractivity contribution in [2.75, 3.05) is 26.3 Å². The van der Waals surface area contributed by atoms with E-state index in [2.05, 4.69) is 39.9 Å². The van der Waals surface area contributed by atoms with Crippen molar-refractivity contribution in [3.05, 3.63) is 0 Å². The van der Waals surface area contributed by atoms with Crippen LogP contribution in [-0.4, -0.2) is 32.2 Å². The molecule has 0 bridgehead atoms. The summed E-state index contributed by atoms with van der Waals surface area (Å²) in [7, 11) is 0. The summed E-state index contributed by atoms with van der Waals surface area (Å²) in [4.78, 5) is 11.8. The van der Waals surface area contributed by atoms with Crippen LogP contribution in [0, 0.1) is 17.3 Å². The first kappa shape index (κ1) is 20.4. The second-order valence-corrected chi connectivity index (χ2v) is 7.32. The number of nitrogens with one attached hydrogen (secondary N) is 1. The van der Waals surface area contributed by atoms with Gasteiger partial charge < -0.3 is 15.8 Å². The molecule has 0 aromatic carbocycles. The van der Waals surface area contributed by atoms with Gasteiger partial charge in [0.2, 0.25) is 5.91 Å². The molecule has 0 saturated heterocycles. The van der Waals surface area contributed by atoms with Crippen LogP contribution in [0.2, 0.25) is 0 Å². The van der Waals surface area contributed by atoms with Crippen LogP contribution < -0.4 is 11.1 Å². The van der Waals surface area contributed by atoms with Gasteiger partial charge in [0.1, 0.15) is 0 Å². The van der Waals surface area contributed by atoms with Crippen molar-refractivity contribution in [2.45, 2.75) is 60.3 Å². The zero-order valence-electron chi connectivity index (χ0n) is 14.7. The van der Waals surface area contributed by atoms with Gasteiger partial charge in [0.25, 0.3) is 0 Å². The standard InChI is InChI=1S/C17H36N2O2/c1-14(2)9-12-21-13-11-19-16(20)7-6-15(8-10-18)17(3,4)5/h14-15H,6-13,18H2,1-5H3,(H,19,20). The highest BCUT2D eigenvalue weighted by Gasteiger charge is 2.24. The van der Waals surface area contributed by atoms with Gasteiger partial charge in [-0.05, 0) is 43.1 Å². The van der Waals surface area contributed by atoms with E-state index in [4.69, 9.17) is 10.5 Å². The van der Waals surface area contributed by atoms with E-state index < -0.39 is 0 Å². The highest BCUT2D eigenvalue weighted by molar-refractivity contribution is 5.75. The van der Waals surface area contributed by atoms with Crippen LogP contribution in [0.25, 0.3) is 0 Å². The van der Waals surface area contributed by atoms with Gasteiger partial charge in [-0.3, -0.25) is 4.79 Å². The molecule has 1 amide bonds.